The molecule has 0 amide bonds. The van der Waals surface area contributed by atoms with Crippen LogP contribution in [0.25, 0.3) is 0 Å². The average molecular weight is 176 g/mol. The minimum atomic E-state index is 0.246. The Labute approximate surface area is 78.9 Å². The summed E-state index contributed by atoms with van der Waals surface area (Å²) in [6, 6.07) is 6.68. The van der Waals surface area contributed by atoms with E-state index in [1.54, 1.807) is 0 Å². The second kappa shape index (κ2) is 3.48. The Bertz CT molecular complexity index is 307. The van der Waals surface area contributed by atoms with Gasteiger partial charge in [0.2, 0.25) is 0 Å². The third-order valence-corrected chi connectivity index (χ3v) is 2.80. The molecule has 2 heteroatoms. The molecule has 0 bridgehead atoms. The zero-order chi connectivity index (χ0) is 9.26. The molecule has 70 valence electrons. The maximum absolute atomic E-state index is 6.01. The minimum Gasteiger partial charge on any atom is -0.326 e. The van der Waals surface area contributed by atoms with Gasteiger partial charge in [0.1, 0.15) is 0 Å². The molecule has 0 aromatic heterocycles. The van der Waals surface area contributed by atoms with Crippen molar-refractivity contribution in [3.05, 3.63) is 34.9 Å². The molecule has 0 fully saturated rings. The van der Waals surface area contributed by atoms with Crippen molar-refractivity contribution in [2.45, 2.75) is 31.8 Å². The van der Waals surface area contributed by atoms with Crippen LogP contribution in [0.1, 0.15) is 35.6 Å². The van der Waals surface area contributed by atoms with Crippen molar-refractivity contribution in [3.63, 3.8) is 0 Å². The summed E-state index contributed by atoms with van der Waals surface area (Å²) in [4.78, 5) is 0. The molecule has 13 heavy (non-hydrogen) atoms. The van der Waals surface area contributed by atoms with Gasteiger partial charge in [0, 0.05) is 12.6 Å². The van der Waals surface area contributed by atoms with Crippen LogP contribution >= 0.6 is 0 Å². The van der Waals surface area contributed by atoms with E-state index in [1.165, 1.54) is 23.1 Å². The topological polar surface area (TPSA) is 52.0 Å². The fourth-order valence-electron chi connectivity index (χ4n) is 2.03. The number of hydrogen-bond acceptors (Lipinski definition) is 2. The van der Waals surface area contributed by atoms with Gasteiger partial charge < -0.3 is 11.5 Å². The van der Waals surface area contributed by atoms with E-state index in [4.69, 9.17) is 11.5 Å². The number of benzene rings is 1. The molecule has 0 spiro atoms. The normalized spacial score (nSPS) is 21.2. The summed E-state index contributed by atoms with van der Waals surface area (Å²) in [5.74, 6) is 0. The van der Waals surface area contributed by atoms with Crippen LogP contribution < -0.4 is 11.5 Å². The highest BCUT2D eigenvalue weighted by molar-refractivity contribution is 5.35. The molecule has 0 aliphatic heterocycles. The molecule has 0 saturated heterocycles. The van der Waals surface area contributed by atoms with Crippen molar-refractivity contribution in [1.82, 2.24) is 0 Å². The van der Waals surface area contributed by atoms with Gasteiger partial charge in [-0.1, -0.05) is 18.2 Å². The predicted octanol–water partition coefficient (Wildman–Crippen LogP) is 1.48. The maximum atomic E-state index is 6.01. The van der Waals surface area contributed by atoms with Crippen molar-refractivity contribution in [3.8, 4) is 0 Å². The quantitative estimate of drug-likeness (QED) is 0.681. The van der Waals surface area contributed by atoms with Gasteiger partial charge in [0.15, 0.2) is 0 Å². The molecule has 2 nitrogen and oxygen atoms in total. The number of hydrogen-bond donors (Lipinski definition) is 2. The van der Waals surface area contributed by atoms with E-state index in [0.29, 0.717) is 6.54 Å². The van der Waals surface area contributed by atoms with Gasteiger partial charge in [0.25, 0.3) is 0 Å². The zero-order valence-corrected chi connectivity index (χ0v) is 7.79. The van der Waals surface area contributed by atoms with Crippen LogP contribution in [0.4, 0.5) is 0 Å². The van der Waals surface area contributed by atoms with Gasteiger partial charge in [0.05, 0.1) is 0 Å². The van der Waals surface area contributed by atoms with Crippen LogP contribution in [0.2, 0.25) is 0 Å². The van der Waals surface area contributed by atoms with E-state index < -0.39 is 0 Å². The van der Waals surface area contributed by atoms with Gasteiger partial charge in [-0.2, -0.15) is 0 Å². The molecule has 1 atom stereocenters. The summed E-state index contributed by atoms with van der Waals surface area (Å²) in [7, 11) is 0. The number of aryl methyl sites for hydroxylation is 1. The van der Waals surface area contributed by atoms with Crippen molar-refractivity contribution in [2.24, 2.45) is 11.5 Å². The molecule has 1 aromatic rings. The molecule has 2 rings (SSSR count). The highest BCUT2D eigenvalue weighted by Gasteiger charge is 2.16. The molecule has 1 aliphatic rings. The molecule has 0 saturated carbocycles. The average Bonchev–Trinajstić information content (AvgIpc) is 2.18. The summed E-state index contributed by atoms with van der Waals surface area (Å²) in [5.41, 5.74) is 15.5. The van der Waals surface area contributed by atoms with Crippen LogP contribution in [-0.4, -0.2) is 0 Å². The summed E-state index contributed by atoms with van der Waals surface area (Å²) in [5, 5.41) is 0. The molecule has 1 aromatic carbocycles. The van der Waals surface area contributed by atoms with Gasteiger partial charge in [-0.25, -0.2) is 0 Å². The molecule has 0 radical (unpaired) electrons. The second-order valence-electron chi connectivity index (χ2n) is 3.74. The Morgan fingerprint density at radius 1 is 1.38 bits per heavy atom. The van der Waals surface area contributed by atoms with Crippen LogP contribution in [0, 0.1) is 0 Å². The van der Waals surface area contributed by atoms with Crippen LogP contribution in [0.15, 0.2) is 18.2 Å². The number of fused-ring (bicyclic) bond motifs is 1. The fraction of sp³-hybridized carbons (Fsp3) is 0.455. The van der Waals surface area contributed by atoms with E-state index in [-0.39, 0.29) is 6.04 Å². The van der Waals surface area contributed by atoms with Gasteiger partial charge in [-0.3, -0.25) is 0 Å². The predicted molar refractivity (Wildman–Crippen MR) is 54.2 cm³/mol. The van der Waals surface area contributed by atoms with E-state index in [0.717, 1.165) is 12.8 Å². The van der Waals surface area contributed by atoms with E-state index in [1.807, 2.05) is 0 Å². The summed E-state index contributed by atoms with van der Waals surface area (Å²) in [6.45, 7) is 0.627. The minimum absolute atomic E-state index is 0.246. The molecular formula is C11H16N2. The fourth-order valence-corrected chi connectivity index (χ4v) is 2.03. The lowest BCUT2D eigenvalue weighted by Crippen LogP contribution is -2.17. The molecule has 4 N–H and O–H groups in total. The first kappa shape index (κ1) is 8.73. The van der Waals surface area contributed by atoms with E-state index in [9.17, 15) is 0 Å². The Hall–Kier alpha value is -0.860. The standard InChI is InChI=1S/C11H16N2/c12-7-8-4-5-10-9(6-8)2-1-3-11(10)13/h4-6,11H,1-3,7,12-13H2. The first-order valence-electron chi connectivity index (χ1n) is 4.88. The first-order chi connectivity index (χ1) is 6.31. The lowest BCUT2D eigenvalue weighted by atomic mass is 9.87. The van der Waals surface area contributed by atoms with E-state index in [2.05, 4.69) is 18.2 Å². The Kier molecular flexibility index (Phi) is 2.34. The van der Waals surface area contributed by atoms with Crippen LogP contribution in [0.5, 0.6) is 0 Å². The highest BCUT2D eigenvalue weighted by atomic mass is 14.6. The highest BCUT2D eigenvalue weighted by Crippen LogP contribution is 2.28. The third-order valence-electron chi connectivity index (χ3n) is 2.80. The van der Waals surface area contributed by atoms with E-state index >= 15 is 0 Å². The Balaban J connectivity index is 2.39. The lowest BCUT2D eigenvalue weighted by molar-refractivity contribution is 0.570. The molecular weight excluding hydrogens is 160 g/mol. The molecule has 1 unspecified atom stereocenters. The first-order valence-corrected chi connectivity index (χ1v) is 4.88. The van der Waals surface area contributed by atoms with Crippen molar-refractivity contribution in [2.75, 3.05) is 0 Å². The summed E-state index contributed by atoms with van der Waals surface area (Å²) in [6.07, 6.45) is 3.49. The van der Waals surface area contributed by atoms with Gasteiger partial charge in [-0.05, 0) is 36.0 Å². The lowest BCUT2D eigenvalue weighted by Gasteiger charge is -2.22. The largest absolute Gasteiger partial charge is 0.326 e. The summed E-state index contributed by atoms with van der Waals surface area (Å²) >= 11 is 0. The maximum Gasteiger partial charge on any atom is 0.0297 e. The second-order valence-corrected chi connectivity index (χ2v) is 3.74. The number of nitrogens with two attached hydrogens (primary N) is 2. The van der Waals surface area contributed by atoms with Crippen LogP contribution in [0.3, 0.4) is 0 Å². The van der Waals surface area contributed by atoms with Crippen molar-refractivity contribution in [1.29, 1.82) is 0 Å². The zero-order valence-electron chi connectivity index (χ0n) is 7.79. The SMILES string of the molecule is NCc1ccc2c(c1)CCCC2N. The molecule has 0 heterocycles. The Morgan fingerprint density at radius 3 is 3.00 bits per heavy atom. The summed E-state index contributed by atoms with van der Waals surface area (Å²) < 4.78 is 0. The van der Waals surface area contributed by atoms with Crippen molar-refractivity contribution < 1.29 is 0 Å². The van der Waals surface area contributed by atoms with Gasteiger partial charge >= 0.3 is 0 Å². The molecule has 1 aliphatic carbocycles. The Morgan fingerprint density at radius 2 is 2.23 bits per heavy atom. The third kappa shape index (κ3) is 1.60. The smallest absolute Gasteiger partial charge is 0.0297 e. The van der Waals surface area contributed by atoms with Crippen LogP contribution in [-0.2, 0) is 13.0 Å². The number of rotatable bonds is 1. The monoisotopic (exact) mass is 176 g/mol. The van der Waals surface area contributed by atoms with Crippen molar-refractivity contribution >= 4 is 0 Å². The van der Waals surface area contributed by atoms with Gasteiger partial charge in [-0.15, -0.1) is 0 Å².